The molecule has 0 saturated carbocycles. The second-order valence-corrected chi connectivity index (χ2v) is 9.14. The van der Waals surface area contributed by atoms with Crippen molar-refractivity contribution in [3.05, 3.63) is 57.5 Å². The Morgan fingerprint density at radius 2 is 1.44 bits per heavy atom. The number of benzene rings is 1. The number of aromatic nitrogens is 2. The fraction of sp³-hybridized carbons (Fsp3) is 0.429. The molecule has 4 rings (SSSR count). The van der Waals surface area contributed by atoms with Crippen LogP contribution in [0.1, 0.15) is 36.2 Å². The Bertz CT molecular complexity index is 848. The highest BCUT2D eigenvalue weighted by atomic mass is 32.1. The van der Waals surface area contributed by atoms with Crippen LogP contribution in [0.4, 0.5) is 0 Å². The van der Waals surface area contributed by atoms with E-state index in [9.17, 15) is 0 Å². The first kappa shape index (κ1) is 18.7. The van der Waals surface area contributed by atoms with Gasteiger partial charge in [0.05, 0.1) is 16.4 Å². The Kier molecular flexibility index (Phi) is 5.98. The number of hydrogen-bond acceptors (Lipinski definition) is 6. The Balaban J connectivity index is 1.27. The third-order valence-corrected chi connectivity index (χ3v) is 7.01. The van der Waals surface area contributed by atoms with E-state index in [1.165, 1.54) is 22.0 Å². The van der Waals surface area contributed by atoms with E-state index >= 15 is 0 Å². The molecule has 0 atom stereocenters. The molecule has 0 spiro atoms. The molecule has 2 aromatic heterocycles. The van der Waals surface area contributed by atoms with Crippen molar-refractivity contribution < 1.29 is 0 Å². The third kappa shape index (κ3) is 4.82. The maximum Gasteiger partial charge on any atom is 0.123 e. The fourth-order valence-corrected chi connectivity index (χ4v) is 4.96. The zero-order valence-corrected chi connectivity index (χ0v) is 17.6. The molecule has 6 heteroatoms. The van der Waals surface area contributed by atoms with Crippen LogP contribution < -0.4 is 0 Å². The van der Waals surface area contributed by atoms with Crippen molar-refractivity contribution in [3.63, 3.8) is 0 Å². The molecule has 0 N–H and O–H groups in total. The van der Waals surface area contributed by atoms with E-state index in [2.05, 4.69) is 58.7 Å². The van der Waals surface area contributed by atoms with Gasteiger partial charge in [-0.05, 0) is 0 Å². The lowest BCUT2D eigenvalue weighted by Gasteiger charge is -2.33. The maximum atomic E-state index is 4.84. The van der Waals surface area contributed by atoms with E-state index in [-0.39, 0.29) is 0 Å². The predicted octanol–water partition coefficient (Wildman–Crippen LogP) is 4.71. The molecule has 0 amide bonds. The molecule has 1 fully saturated rings. The summed E-state index contributed by atoms with van der Waals surface area (Å²) in [6, 6.07) is 10.5. The van der Waals surface area contributed by atoms with Crippen molar-refractivity contribution in [2.24, 2.45) is 0 Å². The monoisotopic (exact) mass is 398 g/mol. The lowest BCUT2D eigenvalue weighted by Crippen LogP contribution is -2.45. The molecule has 1 saturated heterocycles. The van der Waals surface area contributed by atoms with Gasteiger partial charge in [-0.2, -0.15) is 0 Å². The summed E-state index contributed by atoms with van der Waals surface area (Å²) in [5.74, 6) is 0.527. The van der Waals surface area contributed by atoms with Crippen molar-refractivity contribution in [2.45, 2.75) is 32.9 Å². The van der Waals surface area contributed by atoms with Gasteiger partial charge in [0.15, 0.2) is 0 Å². The van der Waals surface area contributed by atoms with Crippen LogP contribution in [0.5, 0.6) is 0 Å². The Morgan fingerprint density at radius 3 is 2.04 bits per heavy atom. The molecule has 0 bridgehead atoms. The molecule has 142 valence electrons. The molecule has 27 heavy (non-hydrogen) atoms. The number of piperazine rings is 1. The lowest BCUT2D eigenvalue weighted by molar-refractivity contribution is 0.120. The normalized spacial score (nSPS) is 16.3. The maximum absolute atomic E-state index is 4.84. The minimum atomic E-state index is 0.527. The number of hydrogen-bond donors (Lipinski definition) is 0. The van der Waals surface area contributed by atoms with Crippen LogP contribution in [0.25, 0.3) is 10.6 Å². The molecule has 0 aliphatic carbocycles. The molecule has 3 heterocycles. The van der Waals surface area contributed by atoms with Crippen molar-refractivity contribution >= 4 is 22.7 Å². The van der Waals surface area contributed by atoms with Gasteiger partial charge >= 0.3 is 0 Å². The molecule has 3 aromatic rings. The average Bonchev–Trinajstić information content (AvgIpc) is 3.34. The second-order valence-electron chi connectivity index (χ2n) is 7.39. The Labute approximate surface area is 169 Å². The van der Waals surface area contributed by atoms with Crippen LogP contribution in [0, 0.1) is 0 Å². The highest BCUT2D eigenvalue weighted by Gasteiger charge is 2.19. The highest BCUT2D eigenvalue weighted by molar-refractivity contribution is 7.13. The number of nitrogens with zero attached hydrogens (tertiary/aromatic N) is 4. The van der Waals surface area contributed by atoms with Gasteiger partial charge in [-0.3, -0.25) is 9.80 Å². The van der Waals surface area contributed by atoms with Gasteiger partial charge in [-0.1, -0.05) is 44.2 Å². The van der Waals surface area contributed by atoms with Gasteiger partial charge in [-0.25, -0.2) is 9.97 Å². The molecule has 0 radical (unpaired) electrons. The average molecular weight is 399 g/mol. The number of thiazole rings is 2. The second kappa shape index (κ2) is 8.61. The summed E-state index contributed by atoms with van der Waals surface area (Å²) in [5, 5.41) is 6.80. The van der Waals surface area contributed by atoms with Gasteiger partial charge in [0.2, 0.25) is 0 Å². The minimum Gasteiger partial charge on any atom is -0.295 e. The minimum absolute atomic E-state index is 0.527. The lowest BCUT2D eigenvalue weighted by atomic mass is 10.2. The van der Waals surface area contributed by atoms with Crippen LogP contribution in [0.15, 0.2) is 41.1 Å². The van der Waals surface area contributed by atoms with E-state index in [0.717, 1.165) is 44.3 Å². The van der Waals surface area contributed by atoms with Gasteiger partial charge in [0, 0.05) is 61.5 Å². The molecule has 4 nitrogen and oxygen atoms in total. The third-order valence-electron chi connectivity index (χ3n) is 4.87. The fourth-order valence-electron chi connectivity index (χ4n) is 3.32. The summed E-state index contributed by atoms with van der Waals surface area (Å²) in [6.45, 7) is 10.7. The first-order valence-electron chi connectivity index (χ1n) is 9.56. The van der Waals surface area contributed by atoms with Crippen molar-refractivity contribution in [3.8, 4) is 10.6 Å². The zero-order chi connectivity index (χ0) is 18.6. The van der Waals surface area contributed by atoms with Crippen LogP contribution >= 0.6 is 22.7 Å². The van der Waals surface area contributed by atoms with Crippen molar-refractivity contribution in [1.29, 1.82) is 0 Å². The summed E-state index contributed by atoms with van der Waals surface area (Å²) < 4.78 is 0. The van der Waals surface area contributed by atoms with Gasteiger partial charge in [0.1, 0.15) is 5.01 Å². The molecular weight excluding hydrogens is 372 g/mol. The summed E-state index contributed by atoms with van der Waals surface area (Å²) in [5.41, 5.74) is 3.63. The SMILES string of the molecule is CC(C)c1nc(CN2CCN(Cc3csc(-c4ccccc4)n3)CC2)cs1. The molecular formula is C21H26N4S2. The van der Waals surface area contributed by atoms with Gasteiger partial charge < -0.3 is 0 Å². The summed E-state index contributed by atoms with van der Waals surface area (Å²) in [4.78, 5) is 14.6. The Hall–Kier alpha value is -1.60. The van der Waals surface area contributed by atoms with Crippen LogP contribution in [0.3, 0.4) is 0 Å². The molecule has 1 aliphatic rings. The summed E-state index contributed by atoms with van der Waals surface area (Å²) >= 11 is 3.54. The number of rotatable bonds is 6. The van der Waals surface area contributed by atoms with Gasteiger partial charge in [0.25, 0.3) is 0 Å². The van der Waals surface area contributed by atoms with E-state index in [0.29, 0.717) is 5.92 Å². The van der Waals surface area contributed by atoms with Crippen LogP contribution in [-0.4, -0.2) is 45.9 Å². The smallest absolute Gasteiger partial charge is 0.123 e. The van der Waals surface area contributed by atoms with Gasteiger partial charge in [-0.15, -0.1) is 22.7 Å². The van der Waals surface area contributed by atoms with E-state index < -0.39 is 0 Å². The largest absolute Gasteiger partial charge is 0.295 e. The highest BCUT2D eigenvalue weighted by Crippen LogP contribution is 2.24. The van der Waals surface area contributed by atoms with E-state index in [1.54, 1.807) is 22.7 Å². The van der Waals surface area contributed by atoms with E-state index in [1.807, 2.05) is 6.07 Å². The molecule has 1 aliphatic heterocycles. The van der Waals surface area contributed by atoms with Crippen LogP contribution in [0.2, 0.25) is 0 Å². The van der Waals surface area contributed by atoms with Crippen molar-refractivity contribution in [2.75, 3.05) is 26.2 Å². The van der Waals surface area contributed by atoms with E-state index in [4.69, 9.17) is 9.97 Å². The quantitative estimate of drug-likeness (QED) is 0.602. The molecule has 0 unspecified atom stereocenters. The van der Waals surface area contributed by atoms with Crippen LogP contribution in [-0.2, 0) is 13.1 Å². The zero-order valence-electron chi connectivity index (χ0n) is 16.0. The predicted molar refractivity (Wildman–Crippen MR) is 114 cm³/mol. The summed E-state index contributed by atoms with van der Waals surface area (Å²) in [7, 11) is 0. The van der Waals surface area contributed by atoms with Crippen molar-refractivity contribution in [1.82, 2.24) is 19.8 Å². The molecule has 1 aromatic carbocycles. The first-order valence-corrected chi connectivity index (χ1v) is 11.3. The summed E-state index contributed by atoms with van der Waals surface area (Å²) in [6.07, 6.45) is 0. The first-order chi connectivity index (χ1) is 13.2. The Morgan fingerprint density at radius 1 is 0.852 bits per heavy atom. The topological polar surface area (TPSA) is 32.3 Å². The standard InChI is InChI=1S/C21H26N4S2/c1-16(2)20-22-18(14-26-20)12-24-8-10-25(11-9-24)13-19-15-27-21(23-19)17-6-4-3-5-7-17/h3-7,14-16H,8-13H2,1-2H3.